The first-order chi connectivity index (χ1) is 16.2. The Labute approximate surface area is 193 Å². The first kappa shape index (κ1) is 22.1. The van der Waals surface area contributed by atoms with E-state index in [0.29, 0.717) is 12.2 Å². The number of benzene rings is 3. The summed E-state index contributed by atoms with van der Waals surface area (Å²) in [6, 6.07) is 21.3. The van der Waals surface area contributed by atoms with E-state index in [-0.39, 0.29) is 5.78 Å². The second-order valence-corrected chi connectivity index (χ2v) is 7.57. The Hall–Kier alpha value is -4.12. The summed E-state index contributed by atoms with van der Waals surface area (Å²) >= 11 is 0. The maximum Gasteiger partial charge on any atom is 0.185 e. The van der Waals surface area contributed by atoms with Crippen LogP contribution in [0.3, 0.4) is 0 Å². The highest BCUT2D eigenvalue weighted by molar-refractivity contribution is 6.06. The molecule has 0 atom stereocenters. The standard InChI is InChI=1S/C28H26N2O3/c1-3-21-4-12-26(13-5-21)33-19-24-18-22(7-15-28(24)32-2)6-14-27(31)23-8-10-25(11-9-23)30-17-16-29-20-30/h4-18,20H,3,19H2,1-2H3/b14-6+. The predicted octanol–water partition coefficient (Wildman–Crippen LogP) is 5.92. The van der Waals surface area contributed by atoms with Gasteiger partial charge in [-0.3, -0.25) is 4.79 Å². The minimum absolute atomic E-state index is 0.0585. The molecule has 4 rings (SSSR count). The van der Waals surface area contributed by atoms with Gasteiger partial charge in [0.05, 0.1) is 13.4 Å². The Balaban J connectivity index is 1.44. The van der Waals surface area contributed by atoms with Crippen molar-refractivity contribution >= 4 is 11.9 Å². The molecular formula is C28H26N2O3. The van der Waals surface area contributed by atoms with Crippen molar-refractivity contribution in [3.05, 3.63) is 114 Å². The van der Waals surface area contributed by atoms with Crippen LogP contribution in [0.1, 0.15) is 34.0 Å². The van der Waals surface area contributed by atoms with Gasteiger partial charge in [-0.05, 0) is 72.2 Å². The van der Waals surface area contributed by atoms with E-state index in [1.54, 1.807) is 25.7 Å². The molecule has 0 saturated heterocycles. The molecule has 0 amide bonds. The molecule has 33 heavy (non-hydrogen) atoms. The summed E-state index contributed by atoms with van der Waals surface area (Å²) in [5.41, 5.74) is 4.67. The summed E-state index contributed by atoms with van der Waals surface area (Å²) in [7, 11) is 1.64. The molecular weight excluding hydrogens is 412 g/mol. The first-order valence-corrected chi connectivity index (χ1v) is 10.9. The van der Waals surface area contributed by atoms with E-state index in [4.69, 9.17) is 9.47 Å². The van der Waals surface area contributed by atoms with Crippen LogP contribution in [0.4, 0.5) is 0 Å². The molecule has 1 aromatic heterocycles. The molecule has 0 fully saturated rings. The predicted molar refractivity (Wildman–Crippen MR) is 130 cm³/mol. The Morgan fingerprint density at radius 1 is 1.03 bits per heavy atom. The highest BCUT2D eigenvalue weighted by Crippen LogP contribution is 2.23. The molecule has 0 saturated carbocycles. The molecule has 0 N–H and O–H groups in total. The number of aryl methyl sites for hydroxylation is 1. The van der Waals surface area contributed by atoms with Crippen LogP contribution in [0.2, 0.25) is 0 Å². The quantitative estimate of drug-likeness (QED) is 0.240. The van der Waals surface area contributed by atoms with Crippen molar-refractivity contribution in [3.63, 3.8) is 0 Å². The van der Waals surface area contributed by atoms with Crippen molar-refractivity contribution in [3.8, 4) is 17.2 Å². The van der Waals surface area contributed by atoms with Crippen LogP contribution in [-0.2, 0) is 13.0 Å². The molecule has 5 nitrogen and oxygen atoms in total. The number of hydrogen-bond acceptors (Lipinski definition) is 4. The van der Waals surface area contributed by atoms with E-state index >= 15 is 0 Å². The average Bonchev–Trinajstić information content (AvgIpc) is 3.41. The van der Waals surface area contributed by atoms with Crippen LogP contribution >= 0.6 is 0 Å². The molecule has 5 heteroatoms. The zero-order chi connectivity index (χ0) is 23.0. The number of hydrogen-bond donors (Lipinski definition) is 0. The van der Waals surface area contributed by atoms with E-state index in [0.717, 1.165) is 34.7 Å². The lowest BCUT2D eigenvalue weighted by atomic mass is 10.1. The number of carbonyl (C=O) groups is 1. The minimum atomic E-state index is -0.0585. The van der Waals surface area contributed by atoms with Crippen LogP contribution < -0.4 is 9.47 Å². The summed E-state index contributed by atoms with van der Waals surface area (Å²) in [6.45, 7) is 2.50. The van der Waals surface area contributed by atoms with E-state index in [1.165, 1.54) is 5.56 Å². The van der Waals surface area contributed by atoms with E-state index in [2.05, 4.69) is 24.0 Å². The van der Waals surface area contributed by atoms with Crippen molar-refractivity contribution in [2.45, 2.75) is 20.0 Å². The third-order valence-electron chi connectivity index (χ3n) is 5.41. The third kappa shape index (κ3) is 5.57. The molecule has 0 aliphatic carbocycles. The van der Waals surface area contributed by atoms with E-state index in [9.17, 15) is 4.79 Å². The number of allylic oxidation sites excluding steroid dienone is 1. The number of nitrogens with zero attached hydrogens (tertiary/aromatic N) is 2. The molecule has 1 heterocycles. The Kier molecular flexibility index (Phi) is 7.00. The molecule has 0 bridgehead atoms. The van der Waals surface area contributed by atoms with Crippen molar-refractivity contribution < 1.29 is 14.3 Å². The molecule has 3 aromatic carbocycles. The van der Waals surface area contributed by atoms with E-state index in [1.807, 2.05) is 71.4 Å². The van der Waals surface area contributed by atoms with Crippen molar-refractivity contribution in [2.24, 2.45) is 0 Å². The van der Waals surface area contributed by atoms with Crippen LogP contribution in [0.25, 0.3) is 11.8 Å². The number of rotatable bonds is 9. The molecule has 166 valence electrons. The summed E-state index contributed by atoms with van der Waals surface area (Å²) < 4.78 is 13.3. The summed E-state index contributed by atoms with van der Waals surface area (Å²) in [5, 5.41) is 0. The minimum Gasteiger partial charge on any atom is -0.496 e. The molecule has 0 spiro atoms. The topological polar surface area (TPSA) is 53.4 Å². The highest BCUT2D eigenvalue weighted by Gasteiger charge is 2.07. The second-order valence-electron chi connectivity index (χ2n) is 7.57. The smallest absolute Gasteiger partial charge is 0.185 e. The van der Waals surface area contributed by atoms with E-state index < -0.39 is 0 Å². The number of ether oxygens (including phenoxy) is 2. The van der Waals surface area contributed by atoms with Crippen LogP contribution in [0.5, 0.6) is 11.5 Å². The monoisotopic (exact) mass is 438 g/mol. The normalized spacial score (nSPS) is 11.0. The molecule has 0 aliphatic heterocycles. The number of aromatic nitrogens is 2. The fourth-order valence-corrected chi connectivity index (χ4v) is 3.48. The largest absolute Gasteiger partial charge is 0.496 e. The summed E-state index contributed by atoms with van der Waals surface area (Å²) in [5.74, 6) is 1.50. The summed E-state index contributed by atoms with van der Waals surface area (Å²) in [4.78, 5) is 16.7. The van der Waals surface area contributed by atoms with Gasteiger partial charge in [-0.25, -0.2) is 4.98 Å². The fourth-order valence-electron chi connectivity index (χ4n) is 3.48. The molecule has 0 radical (unpaired) electrons. The van der Waals surface area contributed by atoms with Crippen molar-refractivity contribution in [2.75, 3.05) is 7.11 Å². The SMILES string of the molecule is CCc1ccc(OCc2cc(/C=C/C(=O)c3ccc(-n4ccnc4)cc3)ccc2OC)cc1. The molecule has 0 aliphatic rings. The Morgan fingerprint density at radius 2 is 1.82 bits per heavy atom. The third-order valence-corrected chi connectivity index (χ3v) is 5.41. The zero-order valence-electron chi connectivity index (χ0n) is 18.8. The molecule has 0 unspecified atom stereocenters. The zero-order valence-corrected chi connectivity index (χ0v) is 18.8. The summed E-state index contributed by atoms with van der Waals surface area (Å²) in [6.07, 6.45) is 9.70. The van der Waals surface area contributed by atoms with Gasteiger partial charge in [0.2, 0.25) is 0 Å². The number of carbonyl (C=O) groups excluding carboxylic acids is 1. The van der Waals surface area contributed by atoms with Gasteiger partial charge in [0.25, 0.3) is 0 Å². The van der Waals surface area contributed by atoms with Crippen LogP contribution in [0, 0.1) is 0 Å². The van der Waals surface area contributed by atoms with Crippen molar-refractivity contribution in [1.82, 2.24) is 9.55 Å². The maximum atomic E-state index is 12.6. The van der Waals surface area contributed by atoms with Gasteiger partial charge in [-0.15, -0.1) is 0 Å². The lowest BCUT2D eigenvalue weighted by molar-refractivity contribution is 0.104. The van der Waals surface area contributed by atoms with Gasteiger partial charge < -0.3 is 14.0 Å². The first-order valence-electron chi connectivity index (χ1n) is 10.9. The van der Waals surface area contributed by atoms with Gasteiger partial charge in [-0.1, -0.05) is 31.2 Å². The lowest BCUT2D eigenvalue weighted by Crippen LogP contribution is -2.00. The van der Waals surface area contributed by atoms with Crippen LogP contribution in [0.15, 0.2) is 91.5 Å². The van der Waals surface area contributed by atoms with Gasteiger partial charge in [0.1, 0.15) is 18.1 Å². The second kappa shape index (κ2) is 10.5. The number of ketones is 1. The van der Waals surface area contributed by atoms with Crippen molar-refractivity contribution in [1.29, 1.82) is 0 Å². The Morgan fingerprint density at radius 3 is 2.48 bits per heavy atom. The lowest BCUT2D eigenvalue weighted by Gasteiger charge is -2.11. The maximum absolute atomic E-state index is 12.6. The van der Waals surface area contributed by atoms with Gasteiger partial charge >= 0.3 is 0 Å². The van der Waals surface area contributed by atoms with Gasteiger partial charge in [0.15, 0.2) is 5.78 Å². The number of imidazole rings is 1. The average molecular weight is 439 g/mol. The van der Waals surface area contributed by atoms with Gasteiger partial charge in [0, 0.05) is 29.2 Å². The fraction of sp³-hybridized carbons (Fsp3) is 0.143. The number of methoxy groups -OCH3 is 1. The highest BCUT2D eigenvalue weighted by atomic mass is 16.5. The van der Waals surface area contributed by atoms with Crippen LogP contribution in [-0.4, -0.2) is 22.4 Å². The van der Waals surface area contributed by atoms with Gasteiger partial charge in [-0.2, -0.15) is 0 Å². The Bertz CT molecular complexity index is 1230. The molecule has 4 aromatic rings.